The molecule has 0 fully saturated rings. The van der Waals surface area contributed by atoms with E-state index in [0.717, 1.165) is 11.6 Å². The summed E-state index contributed by atoms with van der Waals surface area (Å²) in [6.45, 7) is 0. The lowest BCUT2D eigenvalue weighted by Crippen LogP contribution is -1.85. The monoisotopic (exact) mass is 254 g/mol. The second-order valence-electron chi connectivity index (χ2n) is 1.88. The Morgan fingerprint density at radius 2 is 1.90 bits per heavy atom. The Morgan fingerprint density at radius 1 is 1.20 bits per heavy atom. The van der Waals surface area contributed by atoms with E-state index in [2.05, 4.69) is 22.6 Å². The molecule has 10 heavy (non-hydrogen) atoms. The van der Waals surface area contributed by atoms with Crippen LogP contribution < -0.4 is 0 Å². The molecule has 0 aromatic heterocycles. The molecule has 54 valence electrons. The van der Waals surface area contributed by atoms with Gasteiger partial charge in [0, 0.05) is 4.43 Å². The van der Waals surface area contributed by atoms with Crippen molar-refractivity contribution >= 4 is 22.6 Å². The van der Waals surface area contributed by atoms with Gasteiger partial charge in [-0.25, -0.2) is 8.78 Å². The Labute approximate surface area is 71.4 Å². The zero-order chi connectivity index (χ0) is 7.56. The van der Waals surface area contributed by atoms with Crippen molar-refractivity contribution < 1.29 is 8.78 Å². The number of rotatable bonds is 1. The minimum absolute atomic E-state index is 0.703. The zero-order valence-corrected chi connectivity index (χ0v) is 7.23. The highest BCUT2D eigenvalue weighted by Crippen LogP contribution is 2.10. The van der Waals surface area contributed by atoms with Gasteiger partial charge in [0.1, 0.15) is 0 Å². The van der Waals surface area contributed by atoms with Gasteiger partial charge in [-0.05, 0) is 17.7 Å². The van der Waals surface area contributed by atoms with E-state index in [1.807, 2.05) is 0 Å². The summed E-state index contributed by atoms with van der Waals surface area (Å²) in [6, 6.07) is 3.93. The van der Waals surface area contributed by atoms with Crippen LogP contribution >= 0.6 is 22.6 Å². The molecule has 1 rings (SSSR count). The standard InChI is InChI=1S/C7H5F2I/c8-6-2-1-5(4-10)3-7(6)9/h1-3H,4H2. The van der Waals surface area contributed by atoms with Crippen LogP contribution in [-0.4, -0.2) is 0 Å². The maximum absolute atomic E-state index is 12.4. The normalized spacial score (nSPS) is 9.90. The summed E-state index contributed by atoms with van der Waals surface area (Å²) in [5.41, 5.74) is 0.805. The van der Waals surface area contributed by atoms with Crippen LogP contribution in [0.1, 0.15) is 5.56 Å². The van der Waals surface area contributed by atoms with Crippen LogP contribution in [0.3, 0.4) is 0 Å². The molecule has 0 saturated carbocycles. The number of alkyl halides is 1. The van der Waals surface area contributed by atoms with Gasteiger partial charge in [0.05, 0.1) is 0 Å². The first kappa shape index (κ1) is 7.91. The van der Waals surface area contributed by atoms with E-state index in [1.54, 1.807) is 6.07 Å². The first-order chi connectivity index (χ1) is 4.74. The van der Waals surface area contributed by atoms with Crippen molar-refractivity contribution in [1.29, 1.82) is 0 Å². The lowest BCUT2D eigenvalue weighted by molar-refractivity contribution is 0.507. The highest BCUT2D eigenvalue weighted by molar-refractivity contribution is 14.1. The van der Waals surface area contributed by atoms with Crippen LogP contribution in [0, 0.1) is 11.6 Å². The largest absolute Gasteiger partial charge is 0.204 e. The SMILES string of the molecule is Fc1ccc(CI)cc1F. The Kier molecular flexibility index (Phi) is 2.59. The molecular formula is C7H5F2I. The van der Waals surface area contributed by atoms with Crippen molar-refractivity contribution in [3.05, 3.63) is 35.4 Å². The van der Waals surface area contributed by atoms with E-state index >= 15 is 0 Å². The van der Waals surface area contributed by atoms with Crippen LogP contribution in [0.15, 0.2) is 18.2 Å². The molecule has 0 unspecified atom stereocenters. The maximum Gasteiger partial charge on any atom is 0.159 e. The molecule has 0 saturated heterocycles. The van der Waals surface area contributed by atoms with E-state index in [0.29, 0.717) is 4.43 Å². The Balaban J connectivity index is 3.04. The van der Waals surface area contributed by atoms with Crippen molar-refractivity contribution in [2.24, 2.45) is 0 Å². The molecule has 0 radical (unpaired) electrons. The van der Waals surface area contributed by atoms with Crippen molar-refractivity contribution in [3.63, 3.8) is 0 Å². The van der Waals surface area contributed by atoms with Crippen LogP contribution in [0.5, 0.6) is 0 Å². The number of hydrogen-bond donors (Lipinski definition) is 0. The molecular weight excluding hydrogens is 249 g/mol. The molecule has 0 aliphatic carbocycles. The predicted molar refractivity (Wildman–Crippen MR) is 44.1 cm³/mol. The van der Waals surface area contributed by atoms with Gasteiger partial charge in [0.15, 0.2) is 11.6 Å². The molecule has 0 N–H and O–H groups in total. The molecule has 1 aromatic rings. The molecule has 3 heteroatoms. The topological polar surface area (TPSA) is 0 Å². The minimum atomic E-state index is -0.784. The number of halogens is 3. The van der Waals surface area contributed by atoms with Crippen LogP contribution in [0.25, 0.3) is 0 Å². The quantitative estimate of drug-likeness (QED) is 0.534. The van der Waals surface area contributed by atoms with Gasteiger partial charge < -0.3 is 0 Å². The first-order valence-corrected chi connectivity index (χ1v) is 4.26. The minimum Gasteiger partial charge on any atom is -0.204 e. The molecule has 0 bridgehead atoms. The number of benzene rings is 1. The fourth-order valence-corrected chi connectivity index (χ4v) is 1.10. The summed E-state index contributed by atoms with van der Waals surface area (Å²) >= 11 is 2.09. The van der Waals surface area contributed by atoms with Crippen LogP contribution in [0.4, 0.5) is 8.78 Å². The van der Waals surface area contributed by atoms with Crippen molar-refractivity contribution in [3.8, 4) is 0 Å². The van der Waals surface area contributed by atoms with Gasteiger partial charge in [-0.1, -0.05) is 28.7 Å². The molecule has 0 aliphatic rings. The van der Waals surface area contributed by atoms with E-state index < -0.39 is 11.6 Å². The van der Waals surface area contributed by atoms with E-state index in [1.165, 1.54) is 6.07 Å². The molecule has 0 aliphatic heterocycles. The molecule has 0 atom stereocenters. The zero-order valence-electron chi connectivity index (χ0n) is 5.07. The van der Waals surface area contributed by atoms with Gasteiger partial charge in [-0.2, -0.15) is 0 Å². The summed E-state index contributed by atoms with van der Waals surface area (Å²) in [7, 11) is 0. The average molecular weight is 254 g/mol. The third-order valence-electron chi connectivity index (χ3n) is 1.14. The third-order valence-corrected chi connectivity index (χ3v) is 2.02. The first-order valence-electron chi connectivity index (χ1n) is 2.74. The molecule has 1 aromatic carbocycles. The summed E-state index contributed by atoms with van der Waals surface area (Å²) in [6.07, 6.45) is 0. The van der Waals surface area contributed by atoms with Gasteiger partial charge in [0.25, 0.3) is 0 Å². The fourth-order valence-electron chi connectivity index (χ4n) is 0.623. The second-order valence-corrected chi connectivity index (χ2v) is 2.64. The van der Waals surface area contributed by atoms with Crippen LogP contribution in [-0.2, 0) is 4.43 Å². The third kappa shape index (κ3) is 1.65. The van der Waals surface area contributed by atoms with Crippen molar-refractivity contribution in [2.75, 3.05) is 0 Å². The highest BCUT2D eigenvalue weighted by atomic mass is 127. The summed E-state index contributed by atoms with van der Waals surface area (Å²) in [5.74, 6) is -1.55. The predicted octanol–water partition coefficient (Wildman–Crippen LogP) is 2.90. The Bertz CT molecular complexity index is 235. The Hall–Kier alpha value is -0.190. The smallest absolute Gasteiger partial charge is 0.159 e. The summed E-state index contributed by atoms with van der Waals surface area (Å²) in [4.78, 5) is 0. The maximum atomic E-state index is 12.4. The highest BCUT2D eigenvalue weighted by Gasteiger charge is 1.99. The summed E-state index contributed by atoms with van der Waals surface area (Å²) < 4.78 is 25.3. The fraction of sp³-hybridized carbons (Fsp3) is 0.143. The molecule has 0 amide bonds. The van der Waals surface area contributed by atoms with Gasteiger partial charge in [0.2, 0.25) is 0 Å². The van der Waals surface area contributed by atoms with E-state index in [4.69, 9.17) is 0 Å². The molecule has 0 spiro atoms. The van der Waals surface area contributed by atoms with Gasteiger partial charge >= 0.3 is 0 Å². The van der Waals surface area contributed by atoms with Crippen molar-refractivity contribution in [1.82, 2.24) is 0 Å². The summed E-state index contributed by atoms with van der Waals surface area (Å²) in [5, 5.41) is 0. The van der Waals surface area contributed by atoms with E-state index in [-0.39, 0.29) is 0 Å². The van der Waals surface area contributed by atoms with Crippen molar-refractivity contribution in [2.45, 2.75) is 4.43 Å². The second kappa shape index (κ2) is 3.27. The number of hydrogen-bond acceptors (Lipinski definition) is 0. The lowest BCUT2D eigenvalue weighted by atomic mass is 10.2. The Morgan fingerprint density at radius 3 is 2.40 bits per heavy atom. The average Bonchev–Trinajstić information content (AvgIpc) is 1.95. The molecule has 0 heterocycles. The van der Waals surface area contributed by atoms with Gasteiger partial charge in [-0.15, -0.1) is 0 Å². The molecule has 0 nitrogen and oxygen atoms in total. The van der Waals surface area contributed by atoms with Crippen LogP contribution in [0.2, 0.25) is 0 Å². The van der Waals surface area contributed by atoms with Gasteiger partial charge in [-0.3, -0.25) is 0 Å². The van der Waals surface area contributed by atoms with E-state index in [9.17, 15) is 8.78 Å². The lowest BCUT2D eigenvalue weighted by Gasteiger charge is -1.94.